The van der Waals surface area contributed by atoms with Crippen LogP contribution in [0, 0.1) is 5.92 Å². The van der Waals surface area contributed by atoms with Gasteiger partial charge in [0.2, 0.25) is 5.91 Å². The van der Waals surface area contributed by atoms with Crippen LogP contribution in [0.25, 0.3) is 0 Å². The predicted molar refractivity (Wildman–Crippen MR) is 71.4 cm³/mol. The monoisotopic (exact) mass is 247 g/mol. The van der Waals surface area contributed by atoms with Crippen molar-refractivity contribution in [2.75, 3.05) is 6.54 Å². The summed E-state index contributed by atoms with van der Waals surface area (Å²) in [6.45, 7) is 0.727. The summed E-state index contributed by atoms with van der Waals surface area (Å²) in [7, 11) is 0. The van der Waals surface area contributed by atoms with Crippen molar-refractivity contribution in [1.29, 1.82) is 0 Å². The third-order valence-corrected chi connectivity index (χ3v) is 3.58. The molecular formula is C15H21NO2. The molecule has 2 rings (SSSR count). The molecule has 0 spiro atoms. The maximum atomic E-state index is 11.8. The number of carbonyl (C=O) groups excluding carboxylic acids is 1. The maximum Gasteiger partial charge on any atom is 0.223 e. The summed E-state index contributed by atoms with van der Waals surface area (Å²) in [5.41, 5.74) is 1.12. The number of carbonyl (C=O) groups is 1. The molecule has 1 aromatic carbocycles. The minimum absolute atomic E-state index is 0.225. The van der Waals surface area contributed by atoms with Crippen LogP contribution in [-0.4, -0.2) is 17.6 Å². The van der Waals surface area contributed by atoms with Crippen LogP contribution in [0.2, 0.25) is 0 Å². The Morgan fingerprint density at radius 2 is 2.11 bits per heavy atom. The lowest BCUT2D eigenvalue weighted by molar-refractivity contribution is -0.124. The van der Waals surface area contributed by atoms with E-state index in [2.05, 4.69) is 5.32 Å². The Labute approximate surface area is 108 Å². The van der Waals surface area contributed by atoms with Crippen LogP contribution in [-0.2, 0) is 11.2 Å². The van der Waals surface area contributed by atoms with E-state index in [0.29, 0.717) is 5.75 Å². The fraction of sp³-hybridized carbons (Fsp3) is 0.533. The quantitative estimate of drug-likeness (QED) is 0.786. The van der Waals surface area contributed by atoms with Crippen molar-refractivity contribution in [3.05, 3.63) is 29.8 Å². The Morgan fingerprint density at radius 1 is 1.33 bits per heavy atom. The van der Waals surface area contributed by atoms with E-state index in [1.807, 2.05) is 12.1 Å². The fourth-order valence-corrected chi connectivity index (χ4v) is 2.55. The first-order chi connectivity index (χ1) is 8.75. The highest BCUT2D eigenvalue weighted by atomic mass is 16.3. The van der Waals surface area contributed by atoms with Crippen LogP contribution in [0.15, 0.2) is 24.3 Å². The molecule has 1 fully saturated rings. The first-order valence-corrected chi connectivity index (χ1v) is 6.81. The third-order valence-electron chi connectivity index (χ3n) is 3.58. The van der Waals surface area contributed by atoms with Gasteiger partial charge >= 0.3 is 0 Å². The van der Waals surface area contributed by atoms with Gasteiger partial charge < -0.3 is 10.4 Å². The lowest BCUT2D eigenvalue weighted by Crippen LogP contribution is -2.30. The van der Waals surface area contributed by atoms with Crippen molar-refractivity contribution in [1.82, 2.24) is 5.32 Å². The average molecular weight is 247 g/mol. The van der Waals surface area contributed by atoms with Crippen LogP contribution >= 0.6 is 0 Å². The highest BCUT2D eigenvalue weighted by molar-refractivity contribution is 5.78. The van der Waals surface area contributed by atoms with Crippen molar-refractivity contribution in [3.63, 3.8) is 0 Å². The van der Waals surface area contributed by atoms with Gasteiger partial charge in [-0.1, -0.05) is 25.0 Å². The second-order valence-electron chi connectivity index (χ2n) is 5.05. The van der Waals surface area contributed by atoms with E-state index in [1.165, 1.54) is 12.8 Å². The number of phenolic OH excluding ortho intramolecular Hbond substituents is 1. The van der Waals surface area contributed by atoms with Crippen molar-refractivity contribution in [2.24, 2.45) is 5.92 Å². The van der Waals surface area contributed by atoms with Crippen molar-refractivity contribution < 1.29 is 9.90 Å². The minimum Gasteiger partial charge on any atom is -0.508 e. The molecule has 0 aliphatic heterocycles. The van der Waals surface area contributed by atoms with Gasteiger partial charge in [-0.05, 0) is 43.4 Å². The van der Waals surface area contributed by atoms with Gasteiger partial charge in [0.25, 0.3) is 0 Å². The highest BCUT2D eigenvalue weighted by Crippen LogP contribution is 2.24. The Bertz CT molecular complexity index is 397. The topological polar surface area (TPSA) is 49.3 Å². The largest absolute Gasteiger partial charge is 0.508 e. The van der Waals surface area contributed by atoms with Crippen LogP contribution in [0.5, 0.6) is 5.75 Å². The second kappa shape index (κ2) is 6.43. The summed E-state index contributed by atoms with van der Waals surface area (Å²) in [6, 6.07) is 7.30. The first kappa shape index (κ1) is 12.9. The summed E-state index contributed by atoms with van der Waals surface area (Å²) >= 11 is 0. The molecule has 2 N–H and O–H groups in total. The normalized spacial score (nSPS) is 15.8. The molecule has 0 radical (unpaired) electrons. The Kier molecular flexibility index (Phi) is 4.62. The molecule has 0 atom stereocenters. The molecule has 0 bridgehead atoms. The molecule has 1 saturated carbocycles. The van der Waals surface area contributed by atoms with Gasteiger partial charge in [-0.2, -0.15) is 0 Å². The number of hydrogen-bond donors (Lipinski definition) is 2. The number of benzene rings is 1. The molecule has 18 heavy (non-hydrogen) atoms. The van der Waals surface area contributed by atoms with Crippen LogP contribution in [0.3, 0.4) is 0 Å². The van der Waals surface area contributed by atoms with Gasteiger partial charge in [0, 0.05) is 12.5 Å². The smallest absolute Gasteiger partial charge is 0.223 e. The molecule has 0 unspecified atom stereocenters. The number of aromatic hydroxyl groups is 1. The molecule has 0 aromatic heterocycles. The van der Waals surface area contributed by atoms with Crippen molar-refractivity contribution >= 4 is 5.91 Å². The molecule has 98 valence electrons. The molecule has 0 heterocycles. The fourth-order valence-electron chi connectivity index (χ4n) is 2.55. The summed E-state index contributed by atoms with van der Waals surface area (Å²) in [4.78, 5) is 11.8. The number of hydrogen-bond acceptors (Lipinski definition) is 2. The second-order valence-corrected chi connectivity index (χ2v) is 5.05. The van der Waals surface area contributed by atoms with E-state index in [9.17, 15) is 9.90 Å². The summed E-state index contributed by atoms with van der Waals surface area (Å²) < 4.78 is 0. The maximum absolute atomic E-state index is 11.8. The lowest BCUT2D eigenvalue weighted by Gasteiger charge is -2.10. The number of phenols is 1. The van der Waals surface area contributed by atoms with E-state index >= 15 is 0 Å². The number of aryl methyl sites for hydroxylation is 1. The number of amides is 1. The van der Waals surface area contributed by atoms with Crippen LogP contribution < -0.4 is 5.32 Å². The molecule has 3 nitrogen and oxygen atoms in total. The molecule has 1 aliphatic rings. The molecular weight excluding hydrogens is 226 g/mol. The predicted octanol–water partition coefficient (Wildman–Crippen LogP) is 2.63. The van der Waals surface area contributed by atoms with Crippen molar-refractivity contribution in [2.45, 2.75) is 38.5 Å². The van der Waals surface area contributed by atoms with Gasteiger partial charge in [-0.25, -0.2) is 0 Å². The van der Waals surface area contributed by atoms with Crippen molar-refractivity contribution in [3.8, 4) is 5.75 Å². The van der Waals surface area contributed by atoms with Gasteiger partial charge in [0.05, 0.1) is 0 Å². The summed E-state index contributed by atoms with van der Waals surface area (Å²) in [6.07, 6.45) is 6.31. The summed E-state index contributed by atoms with van der Waals surface area (Å²) in [5.74, 6) is 0.789. The third kappa shape index (κ3) is 3.76. The SMILES string of the molecule is O=C(NCCCc1cccc(O)c1)C1CCCC1. The average Bonchev–Trinajstić information content (AvgIpc) is 2.88. The van der Waals surface area contributed by atoms with Gasteiger partial charge in [-0.15, -0.1) is 0 Å². The Hall–Kier alpha value is -1.51. The van der Waals surface area contributed by atoms with Gasteiger partial charge in [0.15, 0.2) is 0 Å². The zero-order chi connectivity index (χ0) is 12.8. The van der Waals surface area contributed by atoms with E-state index in [1.54, 1.807) is 12.1 Å². The molecule has 3 heteroatoms. The lowest BCUT2D eigenvalue weighted by atomic mass is 10.1. The summed E-state index contributed by atoms with van der Waals surface area (Å²) in [5, 5.41) is 12.3. The Morgan fingerprint density at radius 3 is 2.83 bits per heavy atom. The number of rotatable bonds is 5. The van der Waals surface area contributed by atoms with Gasteiger partial charge in [-0.3, -0.25) is 4.79 Å². The molecule has 0 saturated heterocycles. The Balaban J connectivity index is 1.65. The molecule has 1 amide bonds. The van der Waals surface area contributed by atoms with Gasteiger partial charge in [0.1, 0.15) is 5.75 Å². The minimum atomic E-state index is 0.225. The van der Waals surface area contributed by atoms with E-state index < -0.39 is 0 Å². The van der Waals surface area contributed by atoms with E-state index in [0.717, 1.165) is 37.8 Å². The van der Waals surface area contributed by atoms with Crippen LogP contribution in [0.1, 0.15) is 37.7 Å². The van der Waals surface area contributed by atoms with Crippen LogP contribution in [0.4, 0.5) is 0 Å². The zero-order valence-corrected chi connectivity index (χ0v) is 10.7. The molecule has 1 aliphatic carbocycles. The molecule has 1 aromatic rings. The van der Waals surface area contributed by atoms with E-state index in [4.69, 9.17) is 0 Å². The zero-order valence-electron chi connectivity index (χ0n) is 10.7. The number of nitrogens with one attached hydrogen (secondary N) is 1. The first-order valence-electron chi connectivity index (χ1n) is 6.81. The standard InChI is InChI=1S/C15H21NO2/c17-14-9-3-5-12(11-14)6-4-10-16-15(18)13-7-1-2-8-13/h3,5,9,11,13,17H,1-2,4,6-8,10H2,(H,16,18). The highest BCUT2D eigenvalue weighted by Gasteiger charge is 2.21. The van der Waals surface area contributed by atoms with E-state index in [-0.39, 0.29) is 11.8 Å².